The zero-order chi connectivity index (χ0) is 23.2. The second-order valence-electron chi connectivity index (χ2n) is 9.94. The van der Waals surface area contributed by atoms with Gasteiger partial charge in [-0.15, -0.1) is 0 Å². The van der Waals surface area contributed by atoms with Gasteiger partial charge < -0.3 is 19.5 Å². The third-order valence-electron chi connectivity index (χ3n) is 7.62. The van der Waals surface area contributed by atoms with Gasteiger partial charge in [0, 0.05) is 36.1 Å². The minimum atomic E-state index is -0.680. The van der Waals surface area contributed by atoms with Crippen LogP contribution in [0.5, 0.6) is 0 Å². The first kappa shape index (κ1) is 21.8. The van der Waals surface area contributed by atoms with Crippen LogP contribution in [0.3, 0.4) is 0 Å². The number of hydrogen-bond acceptors (Lipinski definition) is 5. The zero-order valence-electron chi connectivity index (χ0n) is 19.1. The lowest BCUT2D eigenvalue weighted by atomic mass is 9.79. The number of nitrogens with zero attached hydrogens (tertiary/aromatic N) is 3. The number of carbonyl (C=O) groups is 3. The molecule has 0 spiro atoms. The average Bonchev–Trinajstić information content (AvgIpc) is 3.60. The minimum Gasteiger partial charge on any atom is -0.367 e. The lowest BCUT2D eigenvalue weighted by Crippen LogP contribution is -2.57. The van der Waals surface area contributed by atoms with Crippen molar-refractivity contribution in [2.24, 2.45) is 11.3 Å². The Bertz CT molecular complexity index is 1040. The molecule has 3 fully saturated rings. The van der Waals surface area contributed by atoms with E-state index in [1.165, 1.54) is 0 Å². The summed E-state index contributed by atoms with van der Waals surface area (Å²) in [7, 11) is 0. The molecule has 2 aliphatic heterocycles. The van der Waals surface area contributed by atoms with Crippen LogP contribution in [0.1, 0.15) is 49.9 Å². The maximum absolute atomic E-state index is 13.8. The predicted molar refractivity (Wildman–Crippen MR) is 121 cm³/mol. The molecule has 1 aromatic heterocycles. The van der Waals surface area contributed by atoms with Crippen LogP contribution in [0.15, 0.2) is 43.0 Å². The van der Waals surface area contributed by atoms with E-state index < -0.39 is 12.1 Å². The largest absolute Gasteiger partial charge is 0.367 e. The molecule has 0 unspecified atom stereocenters. The van der Waals surface area contributed by atoms with E-state index in [9.17, 15) is 14.4 Å². The summed E-state index contributed by atoms with van der Waals surface area (Å²) in [6, 6.07) is 6.00. The molecule has 1 aromatic carbocycles. The van der Waals surface area contributed by atoms with Gasteiger partial charge in [-0.2, -0.15) is 0 Å². The van der Waals surface area contributed by atoms with E-state index in [2.05, 4.69) is 17.2 Å². The molecule has 174 valence electrons. The molecule has 2 aromatic rings. The normalized spacial score (nSPS) is 26.9. The summed E-state index contributed by atoms with van der Waals surface area (Å²) >= 11 is 0. The summed E-state index contributed by atoms with van der Waals surface area (Å²) in [6.07, 6.45) is 8.77. The summed E-state index contributed by atoms with van der Waals surface area (Å²) in [4.78, 5) is 45.3. The second-order valence-corrected chi connectivity index (χ2v) is 9.94. The van der Waals surface area contributed by atoms with Gasteiger partial charge in [-0.05, 0) is 42.5 Å². The van der Waals surface area contributed by atoms with Crippen LogP contribution in [-0.2, 0) is 14.3 Å². The molecule has 2 amide bonds. The van der Waals surface area contributed by atoms with Gasteiger partial charge >= 0.3 is 0 Å². The van der Waals surface area contributed by atoms with Crippen LogP contribution >= 0.6 is 0 Å². The molecular weight excluding hydrogens is 420 g/mol. The Kier molecular flexibility index (Phi) is 5.56. The molecule has 5 rings (SSSR count). The number of amides is 2. The Morgan fingerprint density at radius 2 is 1.94 bits per heavy atom. The number of benzene rings is 1. The molecule has 1 aliphatic carbocycles. The number of imidazole rings is 1. The van der Waals surface area contributed by atoms with Gasteiger partial charge in [-0.1, -0.05) is 26.7 Å². The number of ketones is 1. The number of aromatic nitrogens is 2. The molecule has 4 atom stereocenters. The fourth-order valence-electron chi connectivity index (χ4n) is 5.70. The highest BCUT2D eigenvalue weighted by atomic mass is 16.5. The van der Waals surface area contributed by atoms with Gasteiger partial charge in [0.15, 0.2) is 5.78 Å². The summed E-state index contributed by atoms with van der Waals surface area (Å²) in [5, 5.41) is 3.05. The summed E-state index contributed by atoms with van der Waals surface area (Å²) in [5.41, 5.74) is 1.05. The first-order chi connectivity index (χ1) is 15.9. The first-order valence-corrected chi connectivity index (χ1v) is 11.7. The van der Waals surface area contributed by atoms with Crippen molar-refractivity contribution in [3.05, 3.63) is 48.5 Å². The molecule has 1 N–H and O–H groups in total. The van der Waals surface area contributed by atoms with Crippen molar-refractivity contribution in [3.8, 4) is 5.69 Å². The van der Waals surface area contributed by atoms with E-state index >= 15 is 0 Å². The summed E-state index contributed by atoms with van der Waals surface area (Å²) < 4.78 is 7.53. The molecule has 8 nitrogen and oxygen atoms in total. The third-order valence-corrected chi connectivity index (χ3v) is 7.62. The molecule has 33 heavy (non-hydrogen) atoms. The van der Waals surface area contributed by atoms with Crippen LogP contribution in [0.2, 0.25) is 0 Å². The van der Waals surface area contributed by atoms with Gasteiger partial charge in [0.1, 0.15) is 18.7 Å². The zero-order valence-corrected chi connectivity index (χ0v) is 19.1. The Morgan fingerprint density at radius 1 is 1.21 bits per heavy atom. The van der Waals surface area contributed by atoms with Crippen LogP contribution < -0.4 is 5.32 Å². The third kappa shape index (κ3) is 3.86. The number of likely N-dealkylation sites (tertiary alicyclic amines) is 1. The number of fused-ring (bicyclic) bond motifs is 1. The number of hydrogen-bond donors (Lipinski definition) is 1. The van der Waals surface area contributed by atoms with E-state index in [0.29, 0.717) is 12.1 Å². The molecule has 1 saturated carbocycles. The van der Waals surface area contributed by atoms with E-state index in [0.717, 1.165) is 31.4 Å². The predicted octanol–water partition coefficient (Wildman–Crippen LogP) is 2.37. The Hall–Kier alpha value is -3.00. The van der Waals surface area contributed by atoms with E-state index in [1.807, 2.05) is 29.8 Å². The fourth-order valence-corrected chi connectivity index (χ4v) is 5.70. The number of carbonyl (C=O) groups excluding carboxylic acids is 3. The maximum Gasteiger partial charge on any atom is 0.251 e. The summed E-state index contributed by atoms with van der Waals surface area (Å²) in [6.45, 7) is 4.62. The van der Waals surface area contributed by atoms with Crippen molar-refractivity contribution in [1.29, 1.82) is 0 Å². The first-order valence-electron chi connectivity index (χ1n) is 11.7. The van der Waals surface area contributed by atoms with Crippen LogP contribution in [0.25, 0.3) is 5.69 Å². The van der Waals surface area contributed by atoms with Gasteiger partial charge in [0.05, 0.1) is 12.4 Å². The lowest BCUT2D eigenvalue weighted by molar-refractivity contribution is -0.140. The van der Waals surface area contributed by atoms with E-state index in [-0.39, 0.29) is 41.6 Å². The number of nitrogens with one attached hydrogen (secondary N) is 1. The highest BCUT2D eigenvalue weighted by Crippen LogP contribution is 2.42. The SMILES string of the molecule is C[C@H]1CN(C(=O)[C@@H](NC(=O)c2ccc(-n3ccnc3)cc2)C2(C)CCCC2)[C@@H]2C(=O)CO[C@@H]21. The molecule has 3 heterocycles. The van der Waals surface area contributed by atoms with E-state index in [1.54, 1.807) is 29.6 Å². The quantitative estimate of drug-likeness (QED) is 0.755. The standard InChI is InChI=1S/C25H30N4O4/c1-16-13-29(20-19(30)14-33-21(16)20)24(32)22(25(2)9-3-4-10-25)27-23(31)17-5-7-18(8-6-17)28-12-11-26-15-28/h5-8,11-12,15-16,20-22H,3-4,9-10,13-14H2,1-2H3,(H,27,31)/t16-,20+,21+,22+/m0/s1. The average molecular weight is 451 g/mol. The minimum absolute atomic E-state index is 0.0468. The van der Waals surface area contributed by atoms with Crippen LogP contribution in [0, 0.1) is 11.3 Å². The number of ether oxygens (including phenoxy) is 1. The number of Topliss-reactive ketones (excluding diaryl/α,β-unsaturated/α-hetero) is 1. The van der Waals surface area contributed by atoms with Gasteiger partial charge in [-0.25, -0.2) is 4.98 Å². The molecule has 8 heteroatoms. The second kappa shape index (κ2) is 8.41. The fraction of sp³-hybridized carbons (Fsp3) is 0.520. The van der Waals surface area contributed by atoms with Crippen molar-refractivity contribution in [2.45, 2.75) is 57.7 Å². The topological polar surface area (TPSA) is 93.5 Å². The number of rotatable bonds is 5. The van der Waals surface area contributed by atoms with Crippen molar-refractivity contribution in [2.75, 3.05) is 13.2 Å². The summed E-state index contributed by atoms with van der Waals surface area (Å²) in [5.74, 6) is -0.402. The smallest absolute Gasteiger partial charge is 0.251 e. The van der Waals surface area contributed by atoms with Crippen molar-refractivity contribution in [1.82, 2.24) is 19.8 Å². The molecule has 0 bridgehead atoms. The van der Waals surface area contributed by atoms with Crippen molar-refractivity contribution < 1.29 is 19.1 Å². The van der Waals surface area contributed by atoms with Crippen LogP contribution in [0.4, 0.5) is 0 Å². The highest BCUT2D eigenvalue weighted by Gasteiger charge is 2.54. The highest BCUT2D eigenvalue weighted by molar-refractivity contribution is 5.99. The van der Waals surface area contributed by atoms with E-state index in [4.69, 9.17) is 4.74 Å². The Balaban J connectivity index is 1.38. The van der Waals surface area contributed by atoms with Crippen molar-refractivity contribution >= 4 is 17.6 Å². The van der Waals surface area contributed by atoms with Crippen molar-refractivity contribution in [3.63, 3.8) is 0 Å². The lowest BCUT2D eigenvalue weighted by Gasteiger charge is -2.37. The monoisotopic (exact) mass is 450 g/mol. The molecule has 2 saturated heterocycles. The Labute approximate surface area is 193 Å². The maximum atomic E-state index is 13.8. The van der Waals surface area contributed by atoms with Crippen LogP contribution in [-0.4, -0.2) is 63.4 Å². The Morgan fingerprint density at radius 3 is 2.61 bits per heavy atom. The molecule has 3 aliphatic rings. The molecular formula is C25H30N4O4. The van der Waals surface area contributed by atoms with Gasteiger partial charge in [0.25, 0.3) is 5.91 Å². The van der Waals surface area contributed by atoms with Gasteiger partial charge in [0.2, 0.25) is 5.91 Å². The molecule has 0 radical (unpaired) electrons. The van der Waals surface area contributed by atoms with Gasteiger partial charge in [-0.3, -0.25) is 14.4 Å².